The van der Waals surface area contributed by atoms with E-state index in [-0.39, 0.29) is 18.1 Å². The summed E-state index contributed by atoms with van der Waals surface area (Å²) in [5.74, 6) is -0.196. The first-order chi connectivity index (χ1) is 11.7. The molecule has 3 N–H and O–H groups in total. The fraction of sp³-hybridized carbons (Fsp3) is 0.389. The summed E-state index contributed by atoms with van der Waals surface area (Å²) < 4.78 is 7.38. The quantitative estimate of drug-likeness (QED) is 0.855. The van der Waals surface area contributed by atoms with E-state index in [0.717, 1.165) is 17.7 Å². The Labute approximate surface area is 146 Å². The molecule has 3 rings (SSSR count). The minimum atomic E-state index is -1.25. The Morgan fingerprint density at radius 2 is 2.20 bits per heavy atom. The zero-order valence-electron chi connectivity index (χ0n) is 14.6. The minimum absolute atomic E-state index is 0.155. The highest BCUT2D eigenvalue weighted by atomic mass is 16.5. The Balaban J connectivity index is 1.80. The van der Waals surface area contributed by atoms with Gasteiger partial charge in [-0.05, 0) is 50.6 Å². The number of rotatable bonds is 5. The Morgan fingerprint density at radius 1 is 1.44 bits per heavy atom. The number of amides is 2. The average Bonchev–Trinajstić information content (AvgIpc) is 3.11. The van der Waals surface area contributed by atoms with Crippen LogP contribution >= 0.6 is 0 Å². The maximum absolute atomic E-state index is 12.7. The molecule has 7 heteroatoms. The number of ether oxygens (including phenoxy) is 1. The maximum Gasteiger partial charge on any atom is 0.252 e. The number of carbonyl (C=O) groups excluding carboxylic acids is 2. The van der Waals surface area contributed by atoms with Gasteiger partial charge in [0.05, 0.1) is 6.54 Å². The van der Waals surface area contributed by atoms with E-state index in [4.69, 9.17) is 10.5 Å². The molecular formula is C18H22N4O3. The molecule has 2 amide bonds. The number of primary amides is 1. The van der Waals surface area contributed by atoms with Gasteiger partial charge in [0.1, 0.15) is 16.9 Å². The zero-order valence-corrected chi connectivity index (χ0v) is 14.6. The SMILES string of the molecule is CC1(C)Cc2cc(C(=O)N[C@@](C)(Cn3cccn3)C(N)=O)ccc2O1. The van der Waals surface area contributed by atoms with Gasteiger partial charge in [-0.3, -0.25) is 14.3 Å². The minimum Gasteiger partial charge on any atom is -0.487 e. The van der Waals surface area contributed by atoms with Gasteiger partial charge in [0.25, 0.3) is 5.91 Å². The number of hydrogen-bond acceptors (Lipinski definition) is 4. The van der Waals surface area contributed by atoms with Crippen molar-refractivity contribution in [2.75, 3.05) is 0 Å². The summed E-state index contributed by atoms with van der Waals surface area (Å²) in [6.07, 6.45) is 4.04. The number of nitrogens with one attached hydrogen (secondary N) is 1. The molecule has 25 heavy (non-hydrogen) atoms. The summed E-state index contributed by atoms with van der Waals surface area (Å²) in [7, 11) is 0. The number of fused-ring (bicyclic) bond motifs is 1. The highest BCUT2D eigenvalue weighted by Gasteiger charge is 2.35. The van der Waals surface area contributed by atoms with Crippen molar-refractivity contribution < 1.29 is 14.3 Å². The average molecular weight is 342 g/mol. The zero-order chi connectivity index (χ0) is 18.2. The van der Waals surface area contributed by atoms with Crippen molar-refractivity contribution in [3.05, 3.63) is 47.8 Å². The standard InChI is InChI=1S/C18H22N4O3/c1-17(2)10-13-9-12(5-6-14(13)25-17)15(23)21-18(3,16(19)24)11-22-8-4-7-20-22/h4-9H,10-11H2,1-3H3,(H2,19,24)(H,21,23)/t18-/m0/s1. The van der Waals surface area contributed by atoms with Crippen LogP contribution in [0.15, 0.2) is 36.7 Å². The van der Waals surface area contributed by atoms with Crippen LogP contribution in [0.4, 0.5) is 0 Å². The smallest absolute Gasteiger partial charge is 0.252 e. The lowest BCUT2D eigenvalue weighted by Gasteiger charge is -2.27. The van der Waals surface area contributed by atoms with Crippen LogP contribution in [0.5, 0.6) is 5.75 Å². The molecule has 2 heterocycles. The van der Waals surface area contributed by atoms with E-state index in [9.17, 15) is 9.59 Å². The van der Waals surface area contributed by atoms with E-state index < -0.39 is 11.4 Å². The predicted molar refractivity (Wildman–Crippen MR) is 92.1 cm³/mol. The second kappa shape index (κ2) is 5.91. The first kappa shape index (κ1) is 17.0. The van der Waals surface area contributed by atoms with Gasteiger partial charge in [-0.1, -0.05) is 0 Å². The van der Waals surface area contributed by atoms with Crippen molar-refractivity contribution in [1.82, 2.24) is 15.1 Å². The van der Waals surface area contributed by atoms with Gasteiger partial charge in [-0.15, -0.1) is 0 Å². The summed E-state index contributed by atoms with van der Waals surface area (Å²) in [5.41, 5.74) is 5.44. The number of carbonyl (C=O) groups is 2. The van der Waals surface area contributed by atoms with Crippen molar-refractivity contribution in [2.45, 2.75) is 44.9 Å². The van der Waals surface area contributed by atoms with Crippen LogP contribution in [0.25, 0.3) is 0 Å². The van der Waals surface area contributed by atoms with Crippen LogP contribution in [0.3, 0.4) is 0 Å². The second-order valence-electron chi connectivity index (χ2n) is 7.22. The van der Waals surface area contributed by atoms with Crippen LogP contribution in [-0.2, 0) is 17.8 Å². The number of nitrogens with zero attached hydrogens (tertiary/aromatic N) is 2. The van der Waals surface area contributed by atoms with Crippen LogP contribution in [-0.4, -0.2) is 32.7 Å². The van der Waals surface area contributed by atoms with Gasteiger partial charge in [-0.25, -0.2) is 0 Å². The summed E-state index contributed by atoms with van der Waals surface area (Å²) >= 11 is 0. The Kier molecular flexibility index (Phi) is 4.02. The number of aromatic nitrogens is 2. The summed E-state index contributed by atoms with van der Waals surface area (Å²) in [4.78, 5) is 24.6. The third-order valence-corrected chi connectivity index (χ3v) is 4.30. The summed E-state index contributed by atoms with van der Waals surface area (Å²) in [6.45, 7) is 5.75. The van der Waals surface area contributed by atoms with Gasteiger partial charge in [0.2, 0.25) is 5.91 Å². The third-order valence-electron chi connectivity index (χ3n) is 4.30. The second-order valence-corrected chi connectivity index (χ2v) is 7.22. The van der Waals surface area contributed by atoms with Gasteiger partial charge in [-0.2, -0.15) is 5.10 Å². The molecule has 1 aromatic carbocycles. The molecule has 0 fully saturated rings. The molecule has 1 aliphatic heterocycles. The molecule has 0 aliphatic carbocycles. The summed E-state index contributed by atoms with van der Waals surface area (Å²) in [6, 6.07) is 7.01. The molecule has 0 unspecified atom stereocenters. The van der Waals surface area contributed by atoms with Gasteiger partial charge in [0.15, 0.2) is 0 Å². The first-order valence-electron chi connectivity index (χ1n) is 8.10. The Morgan fingerprint density at radius 3 is 2.84 bits per heavy atom. The van der Waals surface area contributed by atoms with Crippen molar-refractivity contribution in [1.29, 1.82) is 0 Å². The van der Waals surface area contributed by atoms with E-state index in [0.29, 0.717) is 5.56 Å². The third kappa shape index (κ3) is 3.50. The molecule has 7 nitrogen and oxygen atoms in total. The van der Waals surface area contributed by atoms with Crippen molar-refractivity contribution in [3.63, 3.8) is 0 Å². The molecule has 0 radical (unpaired) electrons. The molecule has 0 saturated carbocycles. The maximum atomic E-state index is 12.7. The molecule has 0 bridgehead atoms. The Bertz CT molecular complexity index is 814. The van der Waals surface area contributed by atoms with Crippen LogP contribution in [0.2, 0.25) is 0 Å². The number of benzene rings is 1. The largest absolute Gasteiger partial charge is 0.487 e. The van der Waals surface area contributed by atoms with Crippen LogP contribution in [0, 0.1) is 0 Å². The van der Waals surface area contributed by atoms with Crippen molar-refractivity contribution in [2.24, 2.45) is 5.73 Å². The first-order valence-corrected chi connectivity index (χ1v) is 8.10. The van der Waals surface area contributed by atoms with E-state index in [1.54, 1.807) is 48.3 Å². The summed E-state index contributed by atoms with van der Waals surface area (Å²) in [5, 5.41) is 6.81. The molecule has 0 spiro atoms. The monoisotopic (exact) mass is 342 g/mol. The van der Waals surface area contributed by atoms with E-state index in [1.807, 2.05) is 13.8 Å². The van der Waals surface area contributed by atoms with Crippen molar-refractivity contribution in [3.8, 4) is 5.75 Å². The lowest BCUT2D eigenvalue weighted by Crippen LogP contribution is -2.57. The molecule has 1 aromatic heterocycles. The topological polar surface area (TPSA) is 99.2 Å². The van der Waals surface area contributed by atoms with Gasteiger partial charge >= 0.3 is 0 Å². The number of hydrogen-bond donors (Lipinski definition) is 2. The lowest BCUT2D eigenvalue weighted by atomic mass is 9.98. The molecule has 1 aliphatic rings. The lowest BCUT2D eigenvalue weighted by molar-refractivity contribution is -0.124. The molecule has 0 saturated heterocycles. The normalized spacial score (nSPS) is 17.2. The van der Waals surface area contributed by atoms with E-state index in [1.165, 1.54) is 0 Å². The van der Waals surface area contributed by atoms with Crippen LogP contribution < -0.4 is 15.8 Å². The molecular weight excluding hydrogens is 320 g/mol. The molecule has 2 aromatic rings. The fourth-order valence-electron chi connectivity index (χ4n) is 2.97. The Hall–Kier alpha value is -2.83. The van der Waals surface area contributed by atoms with Gasteiger partial charge in [0, 0.05) is 24.4 Å². The number of nitrogens with two attached hydrogens (primary N) is 1. The highest BCUT2D eigenvalue weighted by Crippen LogP contribution is 2.35. The van der Waals surface area contributed by atoms with E-state index in [2.05, 4.69) is 10.4 Å². The van der Waals surface area contributed by atoms with Crippen molar-refractivity contribution >= 4 is 11.8 Å². The highest BCUT2D eigenvalue weighted by molar-refractivity contribution is 5.99. The predicted octanol–water partition coefficient (Wildman–Crippen LogP) is 1.27. The van der Waals surface area contributed by atoms with Gasteiger partial charge < -0.3 is 15.8 Å². The fourth-order valence-corrected chi connectivity index (χ4v) is 2.97. The molecule has 1 atom stereocenters. The van der Waals surface area contributed by atoms with E-state index >= 15 is 0 Å². The molecule has 132 valence electrons. The van der Waals surface area contributed by atoms with Crippen LogP contribution in [0.1, 0.15) is 36.7 Å².